The Morgan fingerprint density at radius 3 is 1.86 bits per heavy atom. The fourth-order valence-corrected chi connectivity index (χ4v) is 4.52. The molecule has 0 aliphatic heterocycles. The Morgan fingerprint density at radius 2 is 1.31 bits per heavy atom. The minimum Gasteiger partial charge on any atom is -0.379 e. The smallest absolute Gasteiger partial charge is 0.219 e. The van der Waals surface area contributed by atoms with Crippen molar-refractivity contribution in [1.82, 2.24) is 5.32 Å². The monoisotopic (exact) mass is 539 g/mol. The third kappa shape index (κ3) is 21.4. The van der Waals surface area contributed by atoms with E-state index in [9.17, 15) is 4.79 Å². The molecule has 0 aliphatic rings. The maximum Gasteiger partial charge on any atom is 0.219 e. The van der Waals surface area contributed by atoms with Crippen LogP contribution in [0.15, 0.2) is 0 Å². The van der Waals surface area contributed by atoms with E-state index in [4.69, 9.17) is 4.74 Å². The Labute approximate surface area is 198 Å². The van der Waals surface area contributed by atoms with Crippen molar-refractivity contribution in [3.63, 3.8) is 0 Å². The number of rotatable bonds is 21. The van der Waals surface area contributed by atoms with Crippen molar-refractivity contribution in [2.45, 2.75) is 133 Å². The number of amides is 1. The summed E-state index contributed by atoms with van der Waals surface area (Å²) in [6.07, 6.45) is 18.5. The van der Waals surface area contributed by atoms with Crippen LogP contribution in [-0.2, 0) is 9.53 Å². The molecule has 2 atom stereocenters. The van der Waals surface area contributed by atoms with Crippen molar-refractivity contribution in [3.8, 4) is 0 Å². The van der Waals surface area contributed by atoms with Gasteiger partial charge in [-0.3, -0.25) is 4.79 Å². The van der Waals surface area contributed by atoms with Gasteiger partial charge in [-0.1, -0.05) is 103 Å². The molecule has 0 aromatic carbocycles. The first kappa shape index (κ1) is 29.4. The van der Waals surface area contributed by atoms with Gasteiger partial charge in [0.2, 0.25) is 5.91 Å². The molecule has 3 nitrogen and oxygen atoms in total. The average Bonchev–Trinajstić information content (AvgIpc) is 2.68. The number of alkyl halides is 2. The quantitative estimate of drug-likeness (QED) is 0.118. The molecule has 0 rings (SSSR count). The largest absolute Gasteiger partial charge is 0.379 e. The van der Waals surface area contributed by atoms with Gasteiger partial charge in [0.25, 0.3) is 0 Å². The number of unbranched alkanes of at least 4 members (excludes halogenated alkanes) is 9. The zero-order valence-electron chi connectivity index (χ0n) is 19.3. The fourth-order valence-electron chi connectivity index (χ4n) is 3.34. The van der Waals surface area contributed by atoms with Gasteiger partial charge >= 0.3 is 0 Å². The van der Waals surface area contributed by atoms with E-state index in [1.165, 1.54) is 70.6 Å². The standard InChI is InChI=1S/C24H47Br2NO2/c1-4-5-6-7-9-12-16-22(25)23(26)17-13-10-8-11-14-18-24(28)27-19-15-20-29-21(2)3/h21-23H,4-20H2,1-3H3,(H,27,28)/t22-,23-/m1/s1. The maximum atomic E-state index is 11.8. The molecular weight excluding hydrogens is 494 g/mol. The van der Waals surface area contributed by atoms with Crippen LogP contribution < -0.4 is 5.32 Å². The third-order valence-electron chi connectivity index (χ3n) is 5.20. The zero-order chi connectivity index (χ0) is 21.7. The van der Waals surface area contributed by atoms with Crippen LogP contribution in [0.4, 0.5) is 0 Å². The molecule has 174 valence electrons. The third-order valence-corrected chi connectivity index (χ3v) is 8.11. The van der Waals surface area contributed by atoms with Crippen LogP contribution in [-0.4, -0.2) is 34.8 Å². The Morgan fingerprint density at radius 1 is 0.793 bits per heavy atom. The lowest BCUT2D eigenvalue weighted by Gasteiger charge is -2.16. The minimum atomic E-state index is 0.187. The lowest BCUT2D eigenvalue weighted by atomic mass is 10.0. The molecule has 1 amide bonds. The Hall–Kier alpha value is 0.390. The Kier molecular flexibility index (Phi) is 21.9. The number of carbonyl (C=O) groups is 1. The number of ether oxygens (including phenoxy) is 1. The van der Waals surface area contributed by atoms with Gasteiger partial charge in [0.05, 0.1) is 6.10 Å². The number of hydrogen-bond donors (Lipinski definition) is 1. The van der Waals surface area contributed by atoms with E-state index in [2.05, 4.69) is 44.1 Å². The number of halogens is 2. The molecule has 0 aromatic rings. The predicted octanol–water partition coefficient (Wildman–Crippen LogP) is 7.93. The molecule has 5 heteroatoms. The van der Waals surface area contributed by atoms with Gasteiger partial charge in [-0.25, -0.2) is 0 Å². The van der Waals surface area contributed by atoms with Gasteiger partial charge < -0.3 is 10.1 Å². The van der Waals surface area contributed by atoms with E-state index >= 15 is 0 Å². The molecule has 0 aliphatic carbocycles. The molecule has 0 fully saturated rings. The minimum absolute atomic E-state index is 0.187. The van der Waals surface area contributed by atoms with E-state index in [0.29, 0.717) is 16.1 Å². The molecule has 0 bridgehead atoms. The highest BCUT2D eigenvalue weighted by molar-refractivity contribution is 9.12. The fraction of sp³-hybridized carbons (Fsp3) is 0.958. The molecule has 0 saturated carbocycles. The van der Waals surface area contributed by atoms with Crippen molar-refractivity contribution < 1.29 is 9.53 Å². The summed E-state index contributed by atoms with van der Waals surface area (Å²) in [7, 11) is 0. The van der Waals surface area contributed by atoms with Gasteiger partial charge in [0.1, 0.15) is 0 Å². The van der Waals surface area contributed by atoms with Gasteiger partial charge in [-0.05, 0) is 39.5 Å². The Bertz CT molecular complexity index is 367. The summed E-state index contributed by atoms with van der Waals surface area (Å²) in [5, 5.41) is 2.99. The van der Waals surface area contributed by atoms with Crippen molar-refractivity contribution in [2.75, 3.05) is 13.2 Å². The number of hydrogen-bond acceptors (Lipinski definition) is 2. The molecule has 0 aromatic heterocycles. The van der Waals surface area contributed by atoms with E-state index in [1.807, 2.05) is 13.8 Å². The Balaban J connectivity index is 3.42. The summed E-state index contributed by atoms with van der Waals surface area (Å²) in [6.45, 7) is 7.79. The van der Waals surface area contributed by atoms with Crippen LogP contribution in [0.25, 0.3) is 0 Å². The van der Waals surface area contributed by atoms with Crippen molar-refractivity contribution in [3.05, 3.63) is 0 Å². The topological polar surface area (TPSA) is 38.3 Å². The second-order valence-corrected chi connectivity index (χ2v) is 10.9. The second-order valence-electron chi connectivity index (χ2n) is 8.52. The van der Waals surface area contributed by atoms with E-state index < -0.39 is 0 Å². The maximum absolute atomic E-state index is 11.8. The summed E-state index contributed by atoms with van der Waals surface area (Å²) in [4.78, 5) is 13.0. The highest BCUT2D eigenvalue weighted by Gasteiger charge is 2.14. The van der Waals surface area contributed by atoms with Crippen LogP contribution in [0.2, 0.25) is 0 Å². The summed E-state index contributed by atoms with van der Waals surface area (Å²) in [5.41, 5.74) is 0. The molecular formula is C24H47Br2NO2. The van der Waals surface area contributed by atoms with Gasteiger partial charge in [0, 0.05) is 29.2 Å². The molecule has 0 heterocycles. The predicted molar refractivity (Wildman–Crippen MR) is 134 cm³/mol. The molecule has 1 N–H and O–H groups in total. The average molecular weight is 541 g/mol. The van der Waals surface area contributed by atoms with Gasteiger partial charge in [-0.2, -0.15) is 0 Å². The summed E-state index contributed by atoms with van der Waals surface area (Å²) in [5.74, 6) is 0.187. The first-order valence-corrected chi connectivity index (χ1v) is 14.0. The van der Waals surface area contributed by atoms with E-state index in [-0.39, 0.29) is 12.0 Å². The van der Waals surface area contributed by atoms with Crippen LogP contribution in [0.1, 0.15) is 117 Å². The van der Waals surface area contributed by atoms with Crippen molar-refractivity contribution >= 4 is 37.8 Å². The summed E-state index contributed by atoms with van der Waals surface area (Å²) < 4.78 is 5.47. The second kappa shape index (κ2) is 21.6. The van der Waals surface area contributed by atoms with Crippen LogP contribution >= 0.6 is 31.9 Å². The summed E-state index contributed by atoms with van der Waals surface area (Å²) >= 11 is 7.75. The molecule has 0 spiro atoms. The van der Waals surface area contributed by atoms with E-state index in [0.717, 1.165) is 32.4 Å². The lowest BCUT2D eigenvalue weighted by molar-refractivity contribution is -0.121. The number of nitrogens with one attached hydrogen (secondary N) is 1. The van der Waals surface area contributed by atoms with Crippen molar-refractivity contribution in [1.29, 1.82) is 0 Å². The zero-order valence-corrected chi connectivity index (χ0v) is 22.5. The first-order valence-electron chi connectivity index (χ1n) is 12.1. The molecule has 0 radical (unpaired) electrons. The van der Waals surface area contributed by atoms with Gasteiger partial charge in [-0.15, -0.1) is 0 Å². The number of carbonyl (C=O) groups excluding carboxylic acids is 1. The van der Waals surface area contributed by atoms with Crippen LogP contribution in [0.5, 0.6) is 0 Å². The highest BCUT2D eigenvalue weighted by Crippen LogP contribution is 2.25. The van der Waals surface area contributed by atoms with Crippen LogP contribution in [0, 0.1) is 0 Å². The molecule has 0 unspecified atom stereocenters. The molecule has 29 heavy (non-hydrogen) atoms. The van der Waals surface area contributed by atoms with Crippen molar-refractivity contribution in [2.24, 2.45) is 0 Å². The lowest BCUT2D eigenvalue weighted by Crippen LogP contribution is -2.25. The highest BCUT2D eigenvalue weighted by atomic mass is 79.9. The SMILES string of the molecule is CCCCCCCC[C@@H](Br)[C@H](Br)CCCCCCCC(=O)NCCCOC(C)C. The first-order chi connectivity index (χ1) is 14.0. The van der Waals surface area contributed by atoms with Gasteiger partial charge in [0.15, 0.2) is 0 Å². The van der Waals surface area contributed by atoms with Crippen LogP contribution in [0.3, 0.4) is 0 Å². The normalized spacial score (nSPS) is 13.6. The summed E-state index contributed by atoms with van der Waals surface area (Å²) in [6, 6.07) is 0. The van der Waals surface area contributed by atoms with E-state index in [1.54, 1.807) is 0 Å². The molecule has 0 saturated heterocycles.